The van der Waals surface area contributed by atoms with Crippen LogP contribution in [0.5, 0.6) is 0 Å². The second-order valence-electron chi connectivity index (χ2n) is 7.57. The Labute approximate surface area is 180 Å². The molecule has 6 nitrogen and oxygen atoms in total. The summed E-state index contributed by atoms with van der Waals surface area (Å²) in [5, 5.41) is 11.3. The highest BCUT2D eigenvalue weighted by Gasteiger charge is 2.21. The third-order valence-electron chi connectivity index (χ3n) is 5.53. The van der Waals surface area contributed by atoms with Crippen molar-refractivity contribution in [2.75, 3.05) is 0 Å². The fraction of sp³-hybridized carbons (Fsp3) is 0.167. The lowest BCUT2D eigenvalue weighted by molar-refractivity contribution is -0.384. The van der Waals surface area contributed by atoms with Crippen molar-refractivity contribution in [3.63, 3.8) is 0 Å². The number of aryl methyl sites for hydroxylation is 2. The van der Waals surface area contributed by atoms with E-state index in [-0.39, 0.29) is 10.6 Å². The van der Waals surface area contributed by atoms with Gasteiger partial charge in [-0.3, -0.25) is 14.7 Å². The lowest BCUT2D eigenvalue weighted by Crippen LogP contribution is -2.06. The summed E-state index contributed by atoms with van der Waals surface area (Å²) in [6.07, 6.45) is 5.36. The molecule has 0 aliphatic heterocycles. The molecule has 0 aromatic heterocycles. The maximum Gasteiger partial charge on any atom is 0.295 e. The van der Waals surface area contributed by atoms with Crippen LogP contribution in [0.4, 0.5) is 5.69 Å². The zero-order valence-corrected chi connectivity index (χ0v) is 17.5. The van der Waals surface area contributed by atoms with Crippen LogP contribution in [0.1, 0.15) is 35.1 Å². The zero-order valence-electron chi connectivity index (χ0n) is 16.7. The van der Waals surface area contributed by atoms with E-state index in [1.54, 1.807) is 30.3 Å². The van der Waals surface area contributed by atoms with E-state index in [1.165, 1.54) is 29.8 Å². The summed E-state index contributed by atoms with van der Waals surface area (Å²) in [4.78, 5) is 10.6. The lowest BCUT2D eigenvalue weighted by atomic mass is 9.90. The third-order valence-corrected chi connectivity index (χ3v) is 6.44. The van der Waals surface area contributed by atoms with Crippen molar-refractivity contribution < 1.29 is 17.9 Å². The minimum atomic E-state index is -4.54. The molecular weight excluding hydrogens is 414 g/mol. The SMILES string of the molecule is O=[N+]([O-])c1ccc(C=C(c2ccc3c(c2)CCCC3)S(=O)(=O)O)c(-c2ccccc2)c1. The van der Waals surface area contributed by atoms with Crippen molar-refractivity contribution >= 4 is 26.8 Å². The van der Waals surface area contributed by atoms with Gasteiger partial charge in [0.05, 0.1) is 4.92 Å². The molecule has 0 saturated carbocycles. The normalized spacial score (nSPS) is 14.2. The number of nitrogens with zero attached hydrogens (tertiary/aromatic N) is 1. The Kier molecular flexibility index (Phi) is 5.71. The summed E-state index contributed by atoms with van der Waals surface area (Å²) in [5.41, 5.74) is 4.27. The molecule has 158 valence electrons. The molecule has 0 atom stereocenters. The Morgan fingerprint density at radius 2 is 1.65 bits per heavy atom. The highest BCUT2D eigenvalue weighted by Crippen LogP contribution is 2.33. The van der Waals surface area contributed by atoms with Gasteiger partial charge in [-0.2, -0.15) is 8.42 Å². The number of hydrogen-bond acceptors (Lipinski definition) is 4. The molecule has 1 N–H and O–H groups in total. The van der Waals surface area contributed by atoms with E-state index >= 15 is 0 Å². The van der Waals surface area contributed by atoms with Gasteiger partial charge in [0.2, 0.25) is 0 Å². The molecule has 1 aliphatic carbocycles. The van der Waals surface area contributed by atoms with Gasteiger partial charge in [0.15, 0.2) is 0 Å². The van der Waals surface area contributed by atoms with Crippen LogP contribution >= 0.6 is 0 Å². The molecule has 0 amide bonds. The van der Waals surface area contributed by atoms with E-state index in [9.17, 15) is 23.1 Å². The van der Waals surface area contributed by atoms with Crippen LogP contribution < -0.4 is 0 Å². The van der Waals surface area contributed by atoms with Crippen LogP contribution in [0.15, 0.2) is 66.7 Å². The van der Waals surface area contributed by atoms with Gasteiger partial charge >= 0.3 is 0 Å². The largest absolute Gasteiger partial charge is 0.295 e. The molecule has 0 bridgehead atoms. The van der Waals surface area contributed by atoms with Crippen LogP contribution in [0.2, 0.25) is 0 Å². The zero-order chi connectivity index (χ0) is 22.0. The molecular formula is C24H21NO5S. The van der Waals surface area contributed by atoms with Gasteiger partial charge in [0, 0.05) is 12.1 Å². The second-order valence-corrected chi connectivity index (χ2v) is 8.96. The molecule has 0 fully saturated rings. The topological polar surface area (TPSA) is 97.5 Å². The monoisotopic (exact) mass is 435 g/mol. The van der Waals surface area contributed by atoms with Crippen molar-refractivity contribution in [1.29, 1.82) is 0 Å². The van der Waals surface area contributed by atoms with Crippen LogP contribution in [0.25, 0.3) is 22.1 Å². The predicted molar refractivity (Wildman–Crippen MR) is 121 cm³/mol. The molecule has 0 unspecified atom stereocenters. The number of fused-ring (bicyclic) bond motifs is 1. The molecule has 0 saturated heterocycles. The highest BCUT2D eigenvalue weighted by molar-refractivity contribution is 7.95. The molecule has 31 heavy (non-hydrogen) atoms. The van der Waals surface area contributed by atoms with Crippen molar-refractivity contribution in [3.8, 4) is 11.1 Å². The summed E-state index contributed by atoms with van der Waals surface area (Å²) >= 11 is 0. The lowest BCUT2D eigenvalue weighted by Gasteiger charge is -2.17. The van der Waals surface area contributed by atoms with Gasteiger partial charge in [-0.25, -0.2) is 0 Å². The van der Waals surface area contributed by atoms with Crippen molar-refractivity contribution in [1.82, 2.24) is 0 Å². The Balaban J connectivity index is 1.90. The molecule has 3 aromatic carbocycles. The summed E-state index contributed by atoms with van der Waals surface area (Å²) in [7, 11) is -4.54. The van der Waals surface area contributed by atoms with E-state index in [1.807, 2.05) is 18.2 Å². The molecule has 1 aliphatic rings. The van der Waals surface area contributed by atoms with E-state index in [4.69, 9.17) is 0 Å². The maximum atomic E-state index is 12.3. The van der Waals surface area contributed by atoms with Crippen molar-refractivity contribution in [3.05, 3.63) is 99.1 Å². The standard InChI is InChI=1S/C24H21NO5S/c26-25(27)22-13-12-20(23(16-22)18-7-2-1-3-8-18)15-24(31(28,29)30)21-11-10-17-6-4-5-9-19(17)14-21/h1-3,7-8,10-16H,4-6,9H2,(H,28,29,30). The number of nitro groups is 1. The highest BCUT2D eigenvalue weighted by atomic mass is 32.2. The fourth-order valence-electron chi connectivity index (χ4n) is 3.99. The third kappa shape index (κ3) is 4.57. The van der Waals surface area contributed by atoms with Gasteiger partial charge in [-0.1, -0.05) is 48.5 Å². The molecule has 7 heteroatoms. The van der Waals surface area contributed by atoms with Crippen LogP contribution in [0, 0.1) is 10.1 Å². The Morgan fingerprint density at radius 3 is 2.32 bits per heavy atom. The molecule has 4 rings (SSSR count). The average Bonchev–Trinajstić information content (AvgIpc) is 2.77. The number of rotatable bonds is 5. The first-order valence-corrected chi connectivity index (χ1v) is 11.4. The summed E-state index contributed by atoms with van der Waals surface area (Å²) in [6, 6.07) is 18.7. The van der Waals surface area contributed by atoms with Crippen LogP contribution in [0.3, 0.4) is 0 Å². The second kappa shape index (κ2) is 8.45. The van der Waals surface area contributed by atoms with Crippen molar-refractivity contribution in [2.24, 2.45) is 0 Å². The predicted octanol–water partition coefficient (Wildman–Crippen LogP) is 5.53. The van der Waals surface area contributed by atoms with Crippen LogP contribution in [-0.4, -0.2) is 17.9 Å². The summed E-state index contributed by atoms with van der Waals surface area (Å²) in [6.45, 7) is 0. The smallest absolute Gasteiger partial charge is 0.282 e. The number of benzene rings is 3. The number of hydrogen-bond donors (Lipinski definition) is 1. The Hall–Kier alpha value is -3.29. The van der Waals surface area contributed by atoms with E-state index in [2.05, 4.69) is 0 Å². The van der Waals surface area contributed by atoms with E-state index in [0.717, 1.165) is 31.2 Å². The van der Waals surface area contributed by atoms with Crippen molar-refractivity contribution in [2.45, 2.75) is 25.7 Å². The summed E-state index contributed by atoms with van der Waals surface area (Å²) < 4.78 is 34.6. The minimum absolute atomic E-state index is 0.0989. The van der Waals surface area contributed by atoms with Crippen LogP contribution in [-0.2, 0) is 23.0 Å². The van der Waals surface area contributed by atoms with E-state index < -0.39 is 15.0 Å². The minimum Gasteiger partial charge on any atom is -0.282 e. The first kappa shape index (κ1) is 21.0. The Bertz CT molecular complexity index is 1280. The Morgan fingerprint density at radius 1 is 0.935 bits per heavy atom. The van der Waals surface area contributed by atoms with Gasteiger partial charge in [0.1, 0.15) is 4.91 Å². The number of non-ortho nitro benzene ring substituents is 1. The molecule has 0 radical (unpaired) electrons. The van der Waals surface area contributed by atoms with Gasteiger partial charge in [0.25, 0.3) is 15.8 Å². The van der Waals surface area contributed by atoms with Gasteiger partial charge in [-0.15, -0.1) is 0 Å². The first-order chi connectivity index (χ1) is 14.8. The molecule has 0 spiro atoms. The molecule has 3 aromatic rings. The molecule has 0 heterocycles. The average molecular weight is 436 g/mol. The van der Waals surface area contributed by atoms with Gasteiger partial charge in [-0.05, 0) is 71.2 Å². The maximum absolute atomic E-state index is 12.3. The van der Waals surface area contributed by atoms with Gasteiger partial charge < -0.3 is 0 Å². The summed E-state index contributed by atoms with van der Waals surface area (Å²) in [5.74, 6) is 0. The fourth-order valence-corrected chi connectivity index (χ4v) is 4.69. The van der Waals surface area contributed by atoms with E-state index in [0.29, 0.717) is 22.3 Å². The quantitative estimate of drug-likeness (QED) is 0.246. The number of nitro benzene ring substituents is 1. The first-order valence-electron chi connectivity index (χ1n) is 9.98.